The van der Waals surface area contributed by atoms with E-state index in [-0.39, 0.29) is 11.5 Å². The van der Waals surface area contributed by atoms with Crippen LogP contribution in [0.2, 0.25) is 26.2 Å². The average Bonchev–Trinajstić information content (AvgIpc) is 2.57. The number of nitrogens with zero attached hydrogens (tertiary/aromatic N) is 2. The molecule has 2 N–H and O–H groups in total. The molecular weight excluding hydrogens is 372 g/mol. The first-order chi connectivity index (χ1) is 12.5. The quantitative estimate of drug-likeness (QED) is 0.546. The van der Waals surface area contributed by atoms with Crippen molar-refractivity contribution in [3.63, 3.8) is 0 Å². The Hall–Kier alpha value is -2.23. The van der Waals surface area contributed by atoms with Gasteiger partial charge in [-0.05, 0) is 63.3 Å². The van der Waals surface area contributed by atoms with E-state index in [0.29, 0.717) is 11.1 Å². The van der Waals surface area contributed by atoms with E-state index < -0.39 is 17.0 Å². The number of hydrogen-bond donors (Lipinski definition) is 2. The normalized spacial score (nSPS) is 13.0. The standard InChI is InChI=1S/C20H28N2O3Si2/c1-15-9-7-11-17(19(15)23)13-21-26(3,4)25-27(5,6)22-14-18-12-8-10-16(2)20(18)24/h7-14,23-24H,1-6H3. The van der Waals surface area contributed by atoms with Crippen LogP contribution >= 0.6 is 0 Å². The summed E-state index contributed by atoms with van der Waals surface area (Å²) in [7, 11) is -4.76. The second-order valence-electron chi connectivity index (χ2n) is 7.54. The van der Waals surface area contributed by atoms with Crippen LogP contribution in [0.3, 0.4) is 0 Å². The molecule has 5 nitrogen and oxygen atoms in total. The van der Waals surface area contributed by atoms with Crippen LogP contribution in [0, 0.1) is 13.8 Å². The zero-order chi connectivity index (χ0) is 20.2. The van der Waals surface area contributed by atoms with Crippen molar-refractivity contribution in [2.75, 3.05) is 0 Å². The highest BCUT2D eigenvalue weighted by Crippen LogP contribution is 2.23. The lowest BCUT2D eigenvalue weighted by molar-refractivity contribution is 0.470. The summed E-state index contributed by atoms with van der Waals surface area (Å²) < 4.78 is 15.6. The van der Waals surface area contributed by atoms with Gasteiger partial charge in [-0.15, -0.1) is 0 Å². The molecule has 0 radical (unpaired) electrons. The van der Waals surface area contributed by atoms with Gasteiger partial charge in [-0.2, -0.15) is 0 Å². The van der Waals surface area contributed by atoms with Gasteiger partial charge in [0.1, 0.15) is 11.5 Å². The van der Waals surface area contributed by atoms with Gasteiger partial charge >= 0.3 is 17.0 Å². The first-order valence-electron chi connectivity index (χ1n) is 8.88. The van der Waals surface area contributed by atoms with Crippen molar-refractivity contribution >= 4 is 29.4 Å². The zero-order valence-electron chi connectivity index (χ0n) is 16.8. The fourth-order valence-electron chi connectivity index (χ4n) is 2.69. The average molecular weight is 401 g/mol. The summed E-state index contributed by atoms with van der Waals surface area (Å²) in [5.41, 5.74) is 3.01. The van der Waals surface area contributed by atoms with E-state index in [4.69, 9.17) is 4.12 Å². The SMILES string of the molecule is Cc1cccc(C=N[Si](C)(C)O[Si](C)(C)N=Cc2cccc(C)c2O)c1O. The summed E-state index contributed by atoms with van der Waals surface area (Å²) in [6, 6.07) is 11.2. The Morgan fingerprint density at radius 1 is 0.741 bits per heavy atom. The van der Waals surface area contributed by atoms with E-state index in [1.165, 1.54) is 0 Å². The fraction of sp³-hybridized carbons (Fsp3) is 0.300. The minimum atomic E-state index is -2.38. The summed E-state index contributed by atoms with van der Waals surface area (Å²) in [5.74, 6) is 0.492. The molecule has 0 spiro atoms. The number of phenolic OH excluding ortho intramolecular Hbond substituents is 2. The molecule has 0 aliphatic carbocycles. The maximum Gasteiger partial charge on any atom is 0.304 e. The maximum absolute atomic E-state index is 10.1. The van der Waals surface area contributed by atoms with Gasteiger partial charge in [0, 0.05) is 23.6 Å². The summed E-state index contributed by atoms with van der Waals surface area (Å²) in [6.45, 7) is 11.7. The van der Waals surface area contributed by atoms with Crippen LogP contribution < -0.4 is 0 Å². The van der Waals surface area contributed by atoms with E-state index in [9.17, 15) is 10.2 Å². The topological polar surface area (TPSA) is 74.4 Å². The number of hydrogen-bond acceptors (Lipinski definition) is 5. The van der Waals surface area contributed by atoms with E-state index in [0.717, 1.165) is 11.1 Å². The van der Waals surface area contributed by atoms with E-state index in [1.54, 1.807) is 12.4 Å². The summed E-state index contributed by atoms with van der Waals surface area (Å²) in [4.78, 5) is 0. The predicted octanol–water partition coefficient (Wildman–Crippen LogP) is 4.67. The Bertz CT molecular complexity index is 806. The molecule has 0 aliphatic heterocycles. The van der Waals surface area contributed by atoms with E-state index in [1.807, 2.05) is 76.4 Å². The molecule has 0 amide bonds. The molecule has 144 valence electrons. The van der Waals surface area contributed by atoms with Crippen molar-refractivity contribution in [1.29, 1.82) is 0 Å². The first-order valence-corrected chi connectivity index (χ1v) is 14.6. The molecule has 0 heterocycles. The van der Waals surface area contributed by atoms with Crippen LogP contribution in [0.5, 0.6) is 11.5 Å². The highest BCUT2D eigenvalue weighted by atomic mass is 28.4. The van der Waals surface area contributed by atoms with E-state index >= 15 is 0 Å². The molecular formula is C20H28N2O3Si2. The summed E-state index contributed by atoms with van der Waals surface area (Å²) in [5, 5.41) is 20.3. The molecule has 2 aromatic carbocycles. The second-order valence-corrected chi connectivity index (χ2v) is 14.7. The zero-order valence-corrected chi connectivity index (χ0v) is 18.8. The van der Waals surface area contributed by atoms with Crippen LogP contribution in [-0.2, 0) is 4.12 Å². The minimum Gasteiger partial charge on any atom is -0.507 e. The predicted molar refractivity (Wildman–Crippen MR) is 117 cm³/mol. The Morgan fingerprint density at radius 3 is 1.48 bits per heavy atom. The number of para-hydroxylation sites is 2. The van der Waals surface area contributed by atoms with Gasteiger partial charge in [-0.25, -0.2) is 0 Å². The highest BCUT2D eigenvalue weighted by molar-refractivity contribution is 6.84. The molecule has 0 aromatic heterocycles. The molecule has 0 aliphatic rings. The highest BCUT2D eigenvalue weighted by Gasteiger charge is 2.33. The Labute approximate surface area is 163 Å². The molecule has 0 atom stereocenters. The van der Waals surface area contributed by atoms with Gasteiger partial charge in [-0.1, -0.05) is 24.3 Å². The van der Waals surface area contributed by atoms with Crippen LogP contribution in [0.15, 0.2) is 45.7 Å². The lowest BCUT2D eigenvalue weighted by Crippen LogP contribution is -2.42. The molecule has 0 saturated carbocycles. The molecule has 0 fully saturated rings. The number of phenols is 2. The molecule has 0 unspecified atom stereocenters. The molecule has 2 aromatic rings. The molecule has 7 heteroatoms. The van der Waals surface area contributed by atoms with Crippen LogP contribution in [0.1, 0.15) is 22.3 Å². The Kier molecular flexibility index (Phi) is 6.40. The van der Waals surface area contributed by atoms with Gasteiger partial charge in [0.05, 0.1) is 0 Å². The molecule has 0 saturated heterocycles. The molecule has 0 bridgehead atoms. The van der Waals surface area contributed by atoms with Gasteiger partial charge in [-0.3, -0.25) is 9.32 Å². The van der Waals surface area contributed by atoms with Crippen LogP contribution in [0.4, 0.5) is 0 Å². The van der Waals surface area contributed by atoms with Crippen molar-refractivity contribution in [2.24, 2.45) is 9.32 Å². The smallest absolute Gasteiger partial charge is 0.304 e. The van der Waals surface area contributed by atoms with Crippen molar-refractivity contribution in [1.82, 2.24) is 0 Å². The number of aryl methyl sites for hydroxylation is 2. The third-order valence-electron chi connectivity index (χ3n) is 4.07. The monoisotopic (exact) mass is 400 g/mol. The van der Waals surface area contributed by atoms with Crippen LogP contribution in [0.25, 0.3) is 0 Å². The van der Waals surface area contributed by atoms with Gasteiger partial charge < -0.3 is 14.3 Å². The van der Waals surface area contributed by atoms with Gasteiger partial charge in [0.2, 0.25) is 0 Å². The van der Waals surface area contributed by atoms with Crippen molar-refractivity contribution in [2.45, 2.75) is 40.0 Å². The fourth-order valence-corrected chi connectivity index (χ4v) is 8.90. The second kappa shape index (κ2) is 8.20. The maximum atomic E-state index is 10.1. The van der Waals surface area contributed by atoms with Crippen molar-refractivity contribution in [3.8, 4) is 11.5 Å². The summed E-state index contributed by atoms with van der Waals surface area (Å²) in [6.07, 6.45) is 3.38. The lowest BCUT2D eigenvalue weighted by atomic mass is 10.1. The first kappa shape index (κ1) is 21.1. The van der Waals surface area contributed by atoms with E-state index in [2.05, 4.69) is 9.32 Å². The third kappa shape index (κ3) is 5.88. The van der Waals surface area contributed by atoms with Crippen molar-refractivity contribution < 1.29 is 14.3 Å². The third-order valence-corrected chi connectivity index (χ3v) is 9.56. The largest absolute Gasteiger partial charge is 0.507 e. The number of rotatable bonds is 6. The number of aromatic hydroxyl groups is 2. The van der Waals surface area contributed by atoms with Crippen LogP contribution in [-0.4, -0.2) is 39.6 Å². The number of benzene rings is 2. The Balaban J connectivity index is 2.14. The van der Waals surface area contributed by atoms with Gasteiger partial charge in [0.25, 0.3) is 0 Å². The molecule has 27 heavy (non-hydrogen) atoms. The molecule has 2 rings (SSSR count). The summed E-state index contributed by atoms with van der Waals surface area (Å²) >= 11 is 0. The van der Waals surface area contributed by atoms with Crippen molar-refractivity contribution in [3.05, 3.63) is 58.7 Å². The minimum absolute atomic E-state index is 0.246. The lowest BCUT2D eigenvalue weighted by Gasteiger charge is -2.27. The Morgan fingerprint density at radius 2 is 1.11 bits per heavy atom. The van der Waals surface area contributed by atoms with Gasteiger partial charge in [0.15, 0.2) is 0 Å².